The minimum absolute atomic E-state index is 0.173. The molecule has 0 saturated heterocycles. The first kappa shape index (κ1) is 12.3. The predicted molar refractivity (Wildman–Crippen MR) is 76.5 cm³/mol. The fourth-order valence-electron chi connectivity index (χ4n) is 2.98. The normalized spacial score (nSPS) is 18.5. The summed E-state index contributed by atoms with van der Waals surface area (Å²) < 4.78 is 0. The molecule has 0 amide bonds. The van der Waals surface area contributed by atoms with E-state index in [1.165, 1.54) is 22.3 Å². The molecule has 1 aliphatic carbocycles. The van der Waals surface area contributed by atoms with E-state index in [1.54, 1.807) is 0 Å². The van der Waals surface area contributed by atoms with Crippen LogP contribution in [-0.4, -0.2) is 4.98 Å². The molecule has 2 aromatic rings. The van der Waals surface area contributed by atoms with Crippen LogP contribution in [0.1, 0.15) is 40.6 Å². The van der Waals surface area contributed by atoms with E-state index >= 15 is 0 Å². The number of aromatic nitrogens is 1. The maximum Gasteiger partial charge on any atom is 0.0483 e. The van der Waals surface area contributed by atoms with Gasteiger partial charge in [0.25, 0.3) is 0 Å². The zero-order valence-electron chi connectivity index (χ0n) is 11.1. The molecule has 98 valence electrons. The molecule has 1 aliphatic rings. The van der Waals surface area contributed by atoms with Crippen molar-refractivity contribution >= 4 is 0 Å². The minimum atomic E-state index is 0.173. The zero-order chi connectivity index (χ0) is 13.2. The Labute approximate surface area is 113 Å². The predicted octanol–water partition coefficient (Wildman–Crippen LogP) is 2.62. The molecule has 0 bridgehead atoms. The first-order chi connectivity index (χ1) is 9.29. The molecule has 0 saturated carbocycles. The van der Waals surface area contributed by atoms with Crippen molar-refractivity contribution in [2.24, 2.45) is 5.84 Å². The summed E-state index contributed by atoms with van der Waals surface area (Å²) in [5.74, 6) is 6.35. The van der Waals surface area contributed by atoms with Gasteiger partial charge in [0.05, 0.1) is 0 Å². The number of rotatable bonds is 4. The Hall–Kier alpha value is -1.71. The van der Waals surface area contributed by atoms with Crippen LogP contribution in [0, 0.1) is 6.92 Å². The van der Waals surface area contributed by atoms with Gasteiger partial charge in [-0.05, 0) is 54.0 Å². The molecule has 0 aliphatic heterocycles. The third-order valence-corrected chi connectivity index (χ3v) is 4.14. The van der Waals surface area contributed by atoms with E-state index in [4.69, 9.17) is 5.84 Å². The summed E-state index contributed by atoms with van der Waals surface area (Å²) in [7, 11) is 0. The van der Waals surface area contributed by atoms with E-state index in [9.17, 15) is 0 Å². The van der Waals surface area contributed by atoms with Crippen LogP contribution >= 0.6 is 0 Å². The van der Waals surface area contributed by atoms with Crippen molar-refractivity contribution in [3.63, 3.8) is 0 Å². The Morgan fingerprint density at radius 1 is 1.37 bits per heavy atom. The lowest BCUT2D eigenvalue weighted by Gasteiger charge is -2.33. The van der Waals surface area contributed by atoms with Gasteiger partial charge in [0.15, 0.2) is 0 Å². The lowest BCUT2D eigenvalue weighted by Crippen LogP contribution is -2.32. The molecule has 3 heteroatoms. The fraction of sp³-hybridized carbons (Fsp3) is 0.312. The van der Waals surface area contributed by atoms with Crippen LogP contribution in [0.4, 0.5) is 0 Å². The molecular weight excluding hydrogens is 234 g/mol. The smallest absolute Gasteiger partial charge is 0.0483 e. The Morgan fingerprint density at radius 2 is 2.21 bits per heavy atom. The van der Waals surface area contributed by atoms with Gasteiger partial charge in [-0.1, -0.05) is 24.3 Å². The molecule has 0 fully saturated rings. The van der Waals surface area contributed by atoms with Crippen LogP contribution in [0.3, 0.4) is 0 Å². The van der Waals surface area contributed by atoms with E-state index < -0.39 is 0 Å². The first-order valence-electron chi connectivity index (χ1n) is 6.74. The quantitative estimate of drug-likeness (QED) is 0.650. The molecule has 1 aromatic heterocycles. The van der Waals surface area contributed by atoms with Crippen molar-refractivity contribution in [1.29, 1.82) is 0 Å². The van der Waals surface area contributed by atoms with Gasteiger partial charge in [-0.25, -0.2) is 0 Å². The summed E-state index contributed by atoms with van der Waals surface area (Å²) in [6.07, 6.45) is 5.93. The number of aryl methyl sites for hydroxylation is 1. The van der Waals surface area contributed by atoms with E-state index in [2.05, 4.69) is 41.6 Å². The van der Waals surface area contributed by atoms with E-state index in [0.29, 0.717) is 5.92 Å². The number of hydrogen-bond donors (Lipinski definition) is 2. The average molecular weight is 253 g/mol. The second-order valence-corrected chi connectivity index (χ2v) is 5.29. The van der Waals surface area contributed by atoms with Crippen molar-refractivity contribution in [2.75, 3.05) is 0 Å². The van der Waals surface area contributed by atoms with E-state index in [-0.39, 0.29) is 6.04 Å². The maximum absolute atomic E-state index is 5.74. The molecule has 2 unspecified atom stereocenters. The topological polar surface area (TPSA) is 50.9 Å². The SMILES string of the molecule is Cc1ccncc1C(CC1Cc2ccccc21)NN. The number of hydrogen-bond acceptors (Lipinski definition) is 3. The molecule has 1 heterocycles. The molecule has 3 nitrogen and oxygen atoms in total. The third-order valence-electron chi connectivity index (χ3n) is 4.14. The lowest BCUT2D eigenvalue weighted by atomic mass is 9.74. The molecule has 0 radical (unpaired) electrons. The summed E-state index contributed by atoms with van der Waals surface area (Å²) in [6, 6.07) is 10.9. The maximum atomic E-state index is 5.74. The van der Waals surface area contributed by atoms with Crippen molar-refractivity contribution in [2.45, 2.75) is 31.7 Å². The van der Waals surface area contributed by atoms with Gasteiger partial charge in [0, 0.05) is 18.4 Å². The summed E-state index contributed by atoms with van der Waals surface area (Å²) in [6.45, 7) is 2.11. The highest BCUT2D eigenvalue weighted by molar-refractivity contribution is 5.40. The number of benzene rings is 1. The Kier molecular flexibility index (Phi) is 3.32. The highest BCUT2D eigenvalue weighted by atomic mass is 15.2. The van der Waals surface area contributed by atoms with E-state index in [1.807, 2.05) is 18.5 Å². The zero-order valence-corrected chi connectivity index (χ0v) is 11.1. The van der Waals surface area contributed by atoms with Gasteiger partial charge in [-0.3, -0.25) is 16.3 Å². The lowest BCUT2D eigenvalue weighted by molar-refractivity contribution is 0.433. The number of nitrogens with one attached hydrogen (secondary N) is 1. The average Bonchev–Trinajstić information content (AvgIpc) is 2.42. The summed E-state index contributed by atoms with van der Waals surface area (Å²) in [5, 5.41) is 0. The van der Waals surface area contributed by atoms with Gasteiger partial charge < -0.3 is 0 Å². The van der Waals surface area contributed by atoms with Crippen molar-refractivity contribution in [1.82, 2.24) is 10.4 Å². The Bertz CT molecular complexity index is 580. The van der Waals surface area contributed by atoms with Crippen molar-refractivity contribution in [3.05, 3.63) is 65.0 Å². The van der Waals surface area contributed by atoms with Crippen LogP contribution in [0.2, 0.25) is 0 Å². The number of fused-ring (bicyclic) bond motifs is 1. The Balaban J connectivity index is 1.78. The van der Waals surface area contributed by atoms with Gasteiger partial charge in [0.1, 0.15) is 0 Å². The molecule has 1 aromatic carbocycles. The molecule has 3 N–H and O–H groups in total. The van der Waals surface area contributed by atoms with Crippen LogP contribution < -0.4 is 11.3 Å². The molecule has 3 rings (SSSR count). The third kappa shape index (κ3) is 2.27. The number of nitrogens with two attached hydrogens (primary N) is 1. The largest absolute Gasteiger partial charge is 0.271 e. The van der Waals surface area contributed by atoms with Crippen molar-refractivity contribution in [3.8, 4) is 0 Å². The van der Waals surface area contributed by atoms with E-state index in [0.717, 1.165) is 12.8 Å². The summed E-state index contributed by atoms with van der Waals surface area (Å²) in [4.78, 5) is 4.21. The summed E-state index contributed by atoms with van der Waals surface area (Å²) >= 11 is 0. The second-order valence-electron chi connectivity index (χ2n) is 5.29. The van der Waals surface area contributed by atoms with Gasteiger partial charge >= 0.3 is 0 Å². The fourth-order valence-corrected chi connectivity index (χ4v) is 2.98. The summed E-state index contributed by atoms with van der Waals surface area (Å²) in [5.41, 5.74) is 8.35. The highest BCUT2D eigenvalue weighted by Crippen LogP contribution is 2.40. The van der Waals surface area contributed by atoms with Crippen LogP contribution in [0.25, 0.3) is 0 Å². The number of nitrogens with zero attached hydrogens (tertiary/aromatic N) is 1. The van der Waals surface area contributed by atoms with Crippen LogP contribution in [0.5, 0.6) is 0 Å². The molecular formula is C16H19N3. The second kappa shape index (κ2) is 5.11. The van der Waals surface area contributed by atoms with Gasteiger partial charge in [-0.15, -0.1) is 0 Å². The van der Waals surface area contributed by atoms with Crippen molar-refractivity contribution < 1.29 is 0 Å². The molecule has 2 atom stereocenters. The number of hydrazine groups is 1. The van der Waals surface area contributed by atoms with Gasteiger partial charge in [-0.2, -0.15) is 0 Å². The minimum Gasteiger partial charge on any atom is -0.271 e. The first-order valence-corrected chi connectivity index (χ1v) is 6.74. The Morgan fingerprint density at radius 3 is 2.95 bits per heavy atom. The monoisotopic (exact) mass is 253 g/mol. The highest BCUT2D eigenvalue weighted by Gasteiger charge is 2.28. The standard InChI is InChI=1S/C16H19N3/c1-11-6-7-18-10-15(11)16(19-17)9-13-8-12-4-2-3-5-14(12)13/h2-7,10,13,16,19H,8-9,17H2,1H3. The van der Waals surface area contributed by atoms with Gasteiger partial charge in [0.2, 0.25) is 0 Å². The van der Waals surface area contributed by atoms with Crippen LogP contribution in [-0.2, 0) is 6.42 Å². The molecule has 19 heavy (non-hydrogen) atoms. The molecule has 0 spiro atoms. The number of pyridine rings is 1. The van der Waals surface area contributed by atoms with Crippen LogP contribution in [0.15, 0.2) is 42.7 Å².